The van der Waals surface area contributed by atoms with Crippen molar-refractivity contribution in [1.82, 2.24) is 4.90 Å². The molecule has 10 heteroatoms. The summed E-state index contributed by atoms with van der Waals surface area (Å²) in [6.45, 7) is 5.38. The maximum absolute atomic E-state index is 12.8. The van der Waals surface area contributed by atoms with Gasteiger partial charge < -0.3 is 24.2 Å². The van der Waals surface area contributed by atoms with E-state index in [4.69, 9.17) is 14.2 Å². The van der Waals surface area contributed by atoms with E-state index in [0.29, 0.717) is 31.0 Å². The summed E-state index contributed by atoms with van der Waals surface area (Å²) in [7, 11) is 0. The van der Waals surface area contributed by atoms with Crippen LogP contribution in [0.2, 0.25) is 0 Å². The summed E-state index contributed by atoms with van der Waals surface area (Å²) in [5.74, 6) is -0.387. The van der Waals surface area contributed by atoms with Crippen LogP contribution < -0.4 is 4.74 Å². The second-order valence-electron chi connectivity index (χ2n) is 8.86. The highest BCUT2D eigenvalue weighted by Gasteiger charge is 2.18. The number of amides is 1. The number of rotatable bonds is 18. The van der Waals surface area contributed by atoms with Gasteiger partial charge in [-0.3, -0.25) is 10.1 Å². The van der Waals surface area contributed by atoms with Gasteiger partial charge in [0.1, 0.15) is 19.0 Å². The van der Waals surface area contributed by atoms with Crippen LogP contribution in [0.3, 0.4) is 0 Å². The van der Waals surface area contributed by atoms with Gasteiger partial charge >= 0.3 is 12.1 Å². The average Bonchev–Trinajstić information content (AvgIpc) is 2.91. The number of carboxylic acids is 1. The van der Waals surface area contributed by atoms with E-state index in [1.54, 1.807) is 48.2 Å². The molecule has 0 saturated carbocycles. The third kappa shape index (κ3) is 11.2. The van der Waals surface area contributed by atoms with Crippen LogP contribution in [-0.4, -0.2) is 59.4 Å². The van der Waals surface area contributed by atoms with E-state index in [2.05, 4.69) is 6.92 Å². The van der Waals surface area contributed by atoms with Crippen molar-refractivity contribution in [2.24, 2.45) is 0 Å². The van der Waals surface area contributed by atoms with Gasteiger partial charge in [-0.25, -0.2) is 9.59 Å². The summed E-state index contributed by atoms with van der Waals surface area (Å²) in [4.78, 5) is 36.0. The lowest BCUT2D eigenvalue weighted by molar-refractivity contribution is -0.384. The SMILES string of the molecule is CCCCCCCN(CCOc1ccc(CC(OCC)C(=O)O)cc1)C(=O)OCc1ccc([N+](=O)[O-])cc1. The number of ether oxygens (including phenoxy) is 3. The van der Waals surface area contributed by atoms with Crippen molar-refractivity contribution in [3.63, 3.8) is 0 Å². The molecule has 1 unspecified atom stereocenters. The van der Waals surface area contributed by atoms with Gasteiger partial charge in [0.25, 0.3) is 5.69 Å². The molecule has 1 amide bonds. The molecule has 0 aliphatic rings. The fraction of sp³-hybridized carbons (Fsp3) is 0.500. The van der Waals surface area contributed by atoms with Crippen LogP contribution in [-0.2, 0) is 27.3 Å². The van der Waals surface area contributed by atoms with E-state index in [9.17, 15) is 24.8 Å². The first kappa shape index (κ1) is 30.6. The van der Waals surface area contributed by atoms with Crippen LogP contribution in [0.4, 0.5) is 10.5 Å². The van der Waals surface area contributed by atoms with Crippen LogP contribution >= 0.6 is 0 Å². The smallest absolute Gasteiger partial charge is 0.410 e. The van der Waals surface area contributed by atoms with E-state index in [-0.39, 0.29) is 25.3 Å². The molecule has 38 heavy (non-hydrogen) atoms. The Balaban J connectivity index is 1.89. The number of carbonyl (C=O) groups is 2. The standard InChI is InChI=1S/C28H38N2O8/c1-3-5-6-7-8-17-29(28(33)38-21-23-9-13-24(14-10-23)30(34)35)18-19-37-25-15-11-22(12-16-25)20-26(27(31)32)36-4-2/h9-16,26H,3-8,17-21H2,1-2H3,(H,31,32). The average molecular weight is 531 g/mol. The van der Waals surface area contributed by atoms with Gasteiger partial charge in [0.05, 0.1) is 11.5 Å². The van der Waals surface area contributed by atoms with Crippen molar-refractivity contribution in [1.29, 1.82) is 0 Å². The van der Waals surface area contributed by atoms with Crippen LogP contribution in [0.25, 0.3) is 0 Å². The van der Waals surface area contributed by atoms with Gasteiger partial charge in [-0.1, -0.05) is 44.7 Å². The zero-order valence-electron chi connectivity index (χ0n) is 22.2. The number of carboxylic acid groups (broad SMARTS) is 1. The van der Waals surface area contributed by atoms with Gasteiger partial charge in [0.2, 0.25) is 0 Å². The topological polar surface area (TPSA) is 128 Å². The third-order valence-corrected chi connectivity index (χ3v) is 5.92. The Morgan fingerprint density at radius 2 is 1.61 bits per heavy atom. The number of nitro benzene ring substituents is 1. The molecule has 0 heterocycles. The zero-order valence-corrected chi connectivity index (χ0v) is 22.2. The second kappa shape index (κ2) is 17.0. The molecule has 1 N–H and O–H groups in total. The normalized spacial score (nSPS) is 11.5. The molecule has 0 bridgehead atoms. The Morgan fingerprint density at radius 1 is 0.947 bits per heavy atom. The minimum absolute atomic E-state index is 0.0184. The Kier molecular flexibility index (Phi) is 13.6. The van der Waals surface area contributed by atoms with Gasteiger partial charge in [-0.05, 0) is 48.7 Å². The maximum atomic E-state index is 12.8. The van der Waals surface area contributed by atoms with Crippen molar-refractivity contribution in [2.45, 2.75) is 65.1 Å². The number of hydrogen-bond donors (Lipinski definition) is 1. The molecule has 2 aromatic rings. The molecule has 2 aromatic carbocycles. The lowest BCUT2D eigenvalue weighted by atomic mass is 10.1. The first-order valence-electron chi connectivity index (χ1n) is 13.0. The van der Waals surface area contributed by atoms with Gasteiger partial charge in [0.15, 0.2) is 6.10 Å². The fourth-order valence-electron chi connectivity index (χ4n) is 3.78. The predicted molar refractivity (Wildman–Crippen MR) is 142 cm³/mol. The quantitative estimate of drug-likeness (QED) is 0.149. The van der Waals surface area contributed by atoms with Crippen molar-refractivity contribution in [2.75, 3.05) is 26.3 Å². The number of nitro groups is 1. The van der Waals surface area contributed by atoms with Crippen molar-refractivity contribution < 1.29 is 33.8 Å². The van der Waals surface area contributed by atoms with Gasteiger partial charge in [0, 0.05) is 31.7 Å². The number of nitrogens with zero attached hydrogens (tertiary/aromatic N) is 2. The number of unbranched alkanes of at least 4 members (excludes halogenated alkanes) is 4. The number of benzene rings is 2. The van der Waals surface area contributed by atoms with Crippen LogP contribution in [0.1, 0.15) is 57.1 Å². The lowest BCUT2D eigenvalue weighted by Gasteiger charge is -2.22. The Morgan fingerprint density at radius 3 is 2.21 bits per heavy atom. The monoisotopic (exact) mass is 530 g/mol. The largest absolute Gasteiger partial charge is 0.492 e. The van der Waals surface area contributed by atoms with Crippen molar-refractivity contribution >= 4 is 17.7 Å². The first-order chi connectivity index (χ1) is 18.3. The summed E-state index contributed by atoms with van der Waals surface area (Å²) in [6.07, 6.45) is 4.17. The number of aliphatic carboxylic acids is 1. The van der Waals surface area contributed by atoms with Crippen LogP contribution in [0.15, 0.2) is 48.5 Å². The number of hydrogen-bond acceptors (Lipinski definition) is 7. The predicted octanol–water partition coefficient (Wildman–Crippen LogP) is 5.62. The summed E-state index contributed by atoms with van der Waals surface area (Å²) in [5.41, 5.74) is 1.47. The Labute approximate surface area is 223 Å². The van der Waals surface area contributed by atoms with E-state index in [0.717, 1.165) is 37.7 Å². The highest BCUT2D eigenvalue weighted by molar-refractivity contribution is 5.72. The molecule has 208 valence electrons. The minimum atomic E-state index is -0.998. The molecule has 2 rings (SSSR count). The second-order valence-corrected chi connectivity index (χ2v) is 8.86. The highest BCUT2D eigenvalue weighted by atomic mass is 16.6. The molecule has 0 aromatic heterocycles. The Bertz CT molecular complexity index is 995. The molecular formula is C28H38N2O8. The lowest BCUT2D eigenvalue weighted by Crippen LogP contribution is -2.36. The molecule has 0 aliphatic carbocycles. The minimum Gasteiger partial charge on any atom is -0.492 e. The number of non-ortho nitro benzene ring substituents is 1. The molecule has 0 radical (unpaired) electrons. The van der Waals surface area contributed by atoms with E-state index in [1.165, 1.54) is 12.1 Å². The summed E-state index contributed by atoms with van der Waals surface area (Å²) in [5, 5.41) is 20.1. The number of carbonyl (C=O) groups excluding carboxylic acids is 1. The maximum Gasteiger partial charge on any atom is 0.410 e. The van der Waals surface area contributed by atoms with Crippen LogP contribution in [0.5, 0.6) is 5.75 Å². The van der Waals surface area contributed by atoms with E-state index in [1.807, 2.05) is 0 Å². The molecule has 0 saturated heterocycles. The first-order valence-corrected chi connectivity index (χ1v) is 13.0. The van der Waals surface area contributed by atoms with Gasteiger partial charge in [-0.15, -0.1) is 0 Å². The van der Waals surface area contributed by atoms with Crippen LogP contribution in [0, 0.1) is 10.1 Å². The van der Waals surface area contributed by atoms with E-state index < -0.39 is 23.1 Å². The fourth-order valence-corrected chi connectivity index (χ4v) is 3.78. The zero-order chi connectivity index (χ0) is 27.8. The third-order valence-electron chi connectivity index (χ3n) is 5.92. The molecular weight excluding hydrogens is 492 g/mol. The molecule has 0 aliphatic heterocycles. The molecule has 0 spiro atoms. The van der Waals surface area contributed by atoms with Crippen molar-refractivity contribution in [3.05, 3.63) is 69.8 Å². The molecule has 0 fully saturated rings. The van der Waals surface area contributed by atoms with E-state index >= 15 is 0 Å². The van der Waals surface area contributed by atoms with Gasteiger partial charge in [-0.2, -0.15) is 0 Å². The molecule has 1 atom stereocenters. The summed E-state index contributed by atoms with van der Waals surface area (Å²) in [6, 6.07) is 13.0. The van der Waals surface area contributed by atoms with Crippen molar-refractivity contribution in [3.8, 4) is 5.75 Å². The molecule has 10 nitrogen and oxygen atoms in total. The Hall–Kier alpha value is -3.66. The summed E-state index contributed by atoms with van der Waals surface area (Å²) >= 11 is 0. The highest BCUT2D eigenvalue weighted by Crippen LogP contribution is 2.16. The summed E-state index contributed by atoms with van der Waals surface area (Å²) < 4.78 is 16.5.